The molecule has 0 aliphatic carbocycles. The molecule has 224 valence electrons. The average Bonchev–Trinajstić information content (AvgIpc) is 3.39. The molecule has 14 nitrogen and oxygen atoms in total. The van der Waals surface area contributed by atoms with E-state index in [0.717, 1.165) is 5.56 Å². The highest BCUT2D eigenvalue weighted by Gasteiger charge is 2.38. The Morgan fingerprint density at radius 1 is 0.905 bits per heavy atom. The van der Waals surface area contributed by atoms with Crippen LogP contribution in [0, 0.1) is 0 Å². The molecule has 1 heterocycles. The first-order valence-corrected chi connectivity index (χ1v) is 15.4. The molecule has 0 fully saturated rings. The van der Waals surface area contributed by atoms with Gasteiger partial charge in [-0.15, -0.1) is 5.09 Å². The fourth-order valence-corrected chi connectivity index (χ4v) is 5.09. The fourth-order valence-electron chi connectivity index (χ4n) is 4.05. The maximum atomic E-state index is 13.3. The van der Waals surface area contributed by atoms with Crippen molar-refractivity contribution in [2.24, 2.45) is 0 Å². The maximum absolute atomic E-state index is 13.3. The van der Waals surface area contributed by atoms with Gasteiger partial charge < -0.3 is 24.3 Å². The molecule has 4 rings (SSSR count). The number of rotatable bonds is 12. The number of anilines is 1. The molecule has 0 radical (unpaired) electrons. The van der Waals surface area contributed by atoms with Gasteiger partial charge in [0.15, 0.2) is 17.2 Å². The molecule has 3 aromatic rings. The fraction of sp³-hybridized carbons (Fsp3) is 0.192. The summed E-state index contributed by atoms with van der Waals surface area (Å²) in [5.41, 5.74) is 2.21. The van der Waals surface area contributed by atoms with Gasteiger partial charge in [0, 0.05) is 6.42 Å². The van der Waals surface area contributed by atoms with Crippen LogP contribution in [0.25, 0.3) is 12.2 Å². The number of methoxy groups -OCH3 is 2. The molecule has 16 heteroatoms. The Hall–Kier alpha value is -3.55. The van der Waals surface area contributed by atoms with E-state index in [0.29, 0.717) is 34.1 Å². The Morgan fingerprint density at radius 3 is 2.24 bits per heavy atom. The molecule has 8 N–H and O–H groups in total. The summed E-state index contributed by atoms with van der Waals surface area (Å²) >= 11 is 0. The van der Waals surface area contributed by atoms with E-state index in [9.17, 15) is 19.5 Å². The Bertz CT molecular complexity index is 1440. The zero-order valence-corrected chi connectivity index (χ0v) is 24.2. The molecule has 0 saturated carbocycles. The molecule has 1 amide bonds. The second-order valence-electron chi connectivity index (χ2n) is 8.94. The lowest BCUT2D eigenvalue weighted by Crippen LogP contribution is -2.41. The summed E-state index contributed by atoms with van der Waals surface area (Å²) in [6, 6.07) is 12.9. The van der Waals surface area contributed by atoms with Crippen molar-refractivity contribution >= 4 is 40.0 Å². The lowest BCUT2D eigenvalue weighted by Gasteiger charge is -2.19. The zero-order chi connectivity index (χ0) is 30.5. The van der Waals surface area contributed by atoms with E-state index < -0.39 is 28.2 Å². The molecule has 1 aliphatic rings. The monoisotopic (exact) mass is 624 g/mol. The minimum Gasteiger partial charge on any atom is -0.495 e. The number of hydrogen-bond acceptors (Lipinski definition) is 13. The van der Waals surface area contributed by atoms with Crippen molar-refractivity contribution in [3.63, 3.8) is 0 Å². The van der Waals surface area contributed by atoms with E-state index in [4.69, 9.17) is 33.6 Å². The first-order valence-electron chi connectivity index (χ1n) is 12.2. The third kappa shape index (κ3) is 8.73. The molecule has 0 aromatic heterocycles. The van der Waals surface area contributed by atoms with Crippen LogP contribution in [0.1, 0.15) is 16.7 Å². The summed E-state index contributed by atoms with van der Waals surface area (Å²) in [6.45, 7) is 0.0980. The zero-order valence-electron chi connectivity index (χ0n) is 22.4. The van der Waals surface area contributed by atoms with Gasteiger partial charge in [-0.25, -0.2) is 0 Å². The van der Waals surface area contributed by atoms with Crippen LogP contribution in [0.3, 0.4) is 0 Å². The van der Waals surface area contributed by atoms with E-state index in [1.165, 1.54) is 38.5 Å². The molecule has 42 heavy (non-hydrogen) atoms. The number of hydrogen-bond donors (Lipinski definition) is 8. The van der Waals surface area contributed by atoms with Crippen molar-refractivity contribution in [2.45, 2.75) is 12.5 Å². The Balaban J connectivity index is 1.53. The first kappa shape index (κ1) is 31.4. The van der Waals surface area contributed by atoms with Crippen molar-refractivity contribution in [3.8, 4) is 28.7 Å². The van der Waals surface area contributed by atoms with Gasteiger partial charge in [-0.05, 0) is 53.1 Å². The van der Waals surface area contributed by atoms with Crippen molar-refractivity contribution in [2.75, 3.05) is 26.3 Å². The first-order chi connectivity index (χ1) is 19.8. The van der Waals surface area contributed by atoms with Crippen molar-refractivity contribution in [1.29, 1.82) is 0 Å². The average molecular weight is 624 g/mol. The number of carbonyl (C=O) groups excluding carboxylic acids is 1. The maximum Gasteiger partial charge on any atom is 0.613 e. The molecule has 1 aliphatic heterocycles. The van der Waals surface area contributed by atoms with Gasteiger partial charge in [0.2, 0.25) is 18.4 Å². The van der Waals surface area contributed by atoms with E-state index in [1.54, 1.807) is 36.4 Å². The molecule has 0 bridgehead atoms. The molecule has 1 atom stereocenters. The van der Waals surface area contributed by atoms with Gasteiger partial charge in [0.05, 0.1) is 19.9 Å². The van der Waals surface area contributed by atoms with E-state index in [-0.39, 0.29) is 24.7 Å². The number of amides is 1. The van der Waals surface area contributed by atoms with Gasteiger partial charge in [0.25, 0.3) is 0 Å². The number of ether oxygens (including phenoxy) is 4. The van der Waals surface area contributed by atoms with Gasteiger partial charge in [-0.1, -0.05) is 30.4 Å². The summed E-state index contributed by atoms with van der Waals surface area (Å²) in [5.74, 6) is 1.16. The standard InChI is InChI=1S/C26H29N2O12P2/c1-36-22-10-7-16(3-4-18-13-23(37-2)25-24(14-18)38-15-39-25)11-20(22)27-26(29)21(28-41(30,31)32)12-17-5-8-19(9-6-17)40-42(33,34)35/h3-11,13-14,21,28,30-35H,12,15H2,1-2H3/q+1/p+1/b4-3-/t21-/m0/s1. The third-order valence-electron chi connectivity index (χ3n) is 5.87. The summed E-state index contributed by atoms with van der Waals surface area (Å²) < 4.78 is 26.2. The largest absolute Gasteiger partial charge is 0.613 e. The lowest BCUT2D eigenvalue weighted by molar-refractivity contribution is -0.117. The smallest absolute Gasteiger partial charge is 0.495 e. The summed E-state index contributed by atoms with van der Waals surface area (Å²) in [6.07, 6.45) is 3.48. The van der Waals surface area contributed by atoms with Crippen molar-refractivity contribution in [1.82, 2.24) is 5.09 Å². The molecular formula is C26H30N2O12P2+2. The highest BCUT2D eigenvalue weighted by Crippen LogP contribution is 2.46. The van der Waals surface area contributed by atoms with Crippen LogP contribution in [0.4, 0.5) is 5.69 Å². The quantitative estimate of drug-likeness (QED) is 0.108. The highest BCUT2D eigenvalue weighted by atomic mass is 31.2. The summed E-state index contributed by atoms with van der Waals surface area (Å²) in [7, 11) is -6.15. The van der Waals surface area contributed by atoms with E-state index >= 15 is 0 Å². The van der Waals surface area contributed by atoms with Gasteiger partial charge in [0.1, 0.15) is 11.8 Å². The SMILES string of the molecule is COc1ccc(/C=C\c2cc(OC)c3c(c2)OCO3)cc1NC(=O)[C@H](Cc1ccc(O[P+](O)(O)O)cc1)N[P+](O)(O)O. The van der Waals surface area contributed by atoms with Gasteiger partial charge in [-0.2, -0.15) is 29.4 Å². The number of benzene rings is 3. The normalized spacial score (nSPS) is 13.6. The van der Waals surface area contributed by atoms with Gasteiger partial charge in [-0.3, -0.25) is 9.32 Å². The lowest BCUT2D eigenvalue weighted by atomic mass is 10.1. The topological polar surface area (TPSA) is 209 Å². The Morgan fingerprint density at radius 2 is 1.60 bits per heavy atom. The summed E-state index contributed by atoms with van der Waals surface area (Å²) in [5, 5.41) is 4.82. The molecule has 0 unspecified atom stereocenters. The van der Waals surface area contributed by atoms with E-state index in [2.05, 4.69) is 14.9 Å². The van der Waals surface area contributed by atoms with Crippen LogP contribution in [0.5, 0.6) is 28.7 Å². The second kappa shape index (κ2) is 13.2. The van der Waals surface area contributed by atoms with Crippen LogP contribution in [0.2, 0.25) is 0 Å². The summed E-state index contributed by atoms with van der Waals surface area (Å²) in [4.78, 5) is 69.4. The van der Waals surface area contributed by atoms with Crippen molar-refractivity contribution < 1.29 is 57.6 Å². The molecule has 0 spiro atoms. The van der Waals surface area contributed by atoms with Crippen LogP contribution < -0.4 is 33.9 Å². The number of carbonyl (C=O) groups is 1. The number of nitrogens with one attached hydrogen (secondary N) is 2. The molecule has 3 aromatic carbocycles. The van der Waals surface area contributed by atoms with E-state index in [1.807, 2.05) is 6.08 Å². The third-order valence-corrected chi connectivity index (χ3v) is 6.98. The van der Waals surface area contributed by atoms with Crippen LogP contribution in [0.15, 0.2) is 54.6 Å². The van der Waals surface area contributed by atoms with Crippen molar-refractivity contribution in [3.05, 3.63) is 71.3 Å². The predicted molar refractivity (Wildman–Crippen MR) is 155 cm³/mol. The van der Waals surface area contributed by atoms with Crippen LogP contribution in [-0.4, -0.2) is 62.3 Å². The predicted octanol–water partition coefficient (Wildman–Crippen LogP) is 2.43. The van der Waals surface area contributed by atoms with Crippen LogP contribution in [-0.2, 0) is 11.2 Å². The Labute approximate surface area is 241 Å². The molecule has 0 saturated heterocycles. The second-order valence-corrected chi connectivity index (χ2v) is 11.5. The molecular weight excluding hydrogens is 594 g/mol. The highest BCUT2D eigenvalue weighted by molar-refractivity contribution is 7.56. The van der Waals surface area contributed by atoms with Crippen LogP contribution >= 0.6 is 16.3 Å². The Kier molecular flexibility index (Phi) is 9.85. The number of fused-ring (bicyclic) bond motifs is 1. The van der Waals surface area contributed by atoms with Gasteiger partial charge >= 0.3 is 16.3 Å². The minimum atomic E-state index is -4.59. The minimum absolute atomic E-state index is 0.0457.